The molecule has 4 nitrogen and oxygen atoms in total. The van der Waals surface area contributed by atoms with E-state index in [0.29, 0.717) is 17.2 Å². The molecule has 0 aromatic carbocycles. The van der Waals surface area contributed by atoms with Crippen molar-refractivity contribution in [1.29, 1.82) is 0 Å². The summed E-state index contributed by atoms with van der Waals surface area (Å²) in [6.07, 6.45) is 2.26. The van der Waals surface area contributed by atoms with Crippen molar-refractivity contribution >= 4 is 11.6 Å². The van der Waals surface area contributed by atoms with Crippen LogP contribution >= 0.6 is 11.6 Å². The van der Waals surface area contributed by atoms with Crippen LogP contribution in [0.5, 0.6) is 0 Å². The van der Waals surface area contributed by atoms with E-state index in [0.717, 1.165) is 25.3 Å². The second-order valence-corrected chi connectivity index (χ2v) is 5.05. The van der Waals surface area contributed by atoms with Gasteiger partial charge < -0.3 is 4.74 Å². The maximum atomic E-state index is 6.12. The third-order valence-corrected chi connectivity index (χ3v) is 3.28. The molecule has 2 unspecified atom stereocenters. The van der Waals surface area contributed by atoms with Gasteiger partial charge in [-0.25, -0.2) is 0 Å². The highest BCUT2D eigenvalue weighted by molar-refractivity contribution is 6.28. The second-order valence-electron chi connectivity index (χ2n) is 4.71. The van der Waals surface area contributed by atoms with Gasteiger partial charge in [-0.1, -0.05) is 13.8 Å². The number of rotatable bonds is 2. The lowest BCUT2D eigenvalue weighted by Gasteiger charge is -2.29. The molecule has 1 aromatic heterocycles. The molecule has 90 valence electrons. The molecule has 0 bridgehead atoms. The molecule has 1 aromatic rings. The molecule has 5 heteroatoms. The highest BCUT2D eigenvalue weighted by Crippen LogP contribution is 2.30. The molecular formula is C11H18ClN3O. The molecule has 2 atom stereocenters. The molecule has 1 aliphatic rings. The van der Waals surface area contributed by atoms with Gasteiger partial charge in [0.25, 0.3) is 0 Å². The molecule has 1 fully saturated rings. The van der Waals surface area contributed by atoms with E-state index < -0.39 is 0 Å². The van der Waals surface area contributed by atoms with Crippen molar-refractivity contribution in [2.24, 2.45) is 0 Å². The van der Waals surface area contributed by atoms with Gasteiger partial charge >= 0.3 is 0 Å². The van der Waals surface area contributed by atoms with Crippen molar-refractivity contribution in [3.05, 3.63) is 11.1 Å². The van der Waals surface area contributed by atoms with Gasteiger partial charge in [0.1, 0.15) is 5.82 Å². The van der Waals surface area contributed by atoms with Gasteiger partial charge in [-0.3, -0.25) is 4.57 Å². The minimum atomic E-state index is 0.289. The lowest BCUT2D eigenvalue weighted by Crippen LogP contribution is -2.26. The number of nitrogens with zero attached hydrogens (tertiary/aromatic N) is 3. The van der Waals surface area contributed by atoms with Crippen LogP contribution in [0.4, 0.5) is 0 Å². The maximum absolute atomic E-state index is 6.12. The van der Waals surface area contributed by atoms with E-state index >= 15 is 0 Å². The molecule has 1 saturated heterocycles. The van der Waals surface area contributed by atoms with Crippen molar-refractivity contribution in [3.63, 3.8) is 0 Å². The molecule has 0 radical (unpaired) electrons. The lowest BCUT2D eigenvalue weighted by atomic mass is 10.0. The van der Waals surface area contributed by atoms with Crippen LogP contribution in [0.25, 0.3) is 0 Å². The molecule has 0 amide bonds. The Kier molecular flexibility index (Phi) is 3.50. The van der Waals surface area contributed by atoms with E-state index in [4.69, 9.17) is 16.3 Å². The normalized spacial score (nSPS) is 26.3. The van der Waals surface area contributed by atoms with Gasteiger partial charge in [0.05, 0.1) is 6.10 Å². The first-order valence-electron chi connectivity index (χ1n) is 5.81. The fourth-order valence-corrected chi connectivity index (χ4v) is 2.49. The molecule has 2 heterocycles. The van der Waals surface area contributed by atoms with Gasteiger partial charge in [0, 0.05) is 18.6 Å². The summed E-state index contributed by atoms with van der Waals surface area (Å²) < 4.78 is 7.62. The van der Waals surface area contributed by atoms with E-state index in [2.05, 4.69) is 35.5 Å². The van der Waals surface area contributed by atoms with Crippen LogP contribution in [0, 0.1) is 0 Å². The van der Waals surface area contributed by atoms with E-state index in [1.54, 1.807) is 0 Å². The third kappa shape index (κ3) is 2.23. The molecular weight excluding hydrogens is 226 g/mol. The Bertz CT molecular complexity index is 364. The van der Waals surface area contributed by atoms with Gasteiger partial charge in [0.2, 0.25) is 5.28 Å². The van der Waals surface area contributed by atoms with Crippen LogP contribution in [-0.4, -0.2) is 27.5 Å². The monoisotopic (exact) mass is 243 g/mol. The van der Waals surface area contributed by atoms with E-state index in [1.165, 1.54) is 0 Å². The van der Waals surface area contributed by atoms with Gasteiger partial charge in [-0.05, 0) is 31.4 Å². The fraction of sp³-hybridized carbons (Fsp3) is 0.818. The summed E-state index contributed by atoms with van der Waals surface area (Å²) in [5, 5.41) is 8.63. The summed E-state index contributed by atoms with van der Waals surface area (Å²) in [5.41, 5.74) is 0. The smallest absolute Gasteiger partial charge is 0.225 e. The number of hydrogen-bond donors (Lipinski definition) is 0. The molecule has 1 aliphatic heterocycles. The van der Waals surface area contributed by atoms with E-state index in [1.807, 2.05) is 0 Å². The van der Waals surface area contributed by atoms with Crippen molar-refractivity contribution in [3.8, 4) is 0 Å². The minimum absolute atomic E-state index is 0.289. The first kappa shape index (κ1) is 11.9. The molecule has 0 N–H and O–H groups in total. The quantitative estimate of drug-likeness (QED) is 0.802. The molecule has 16 heavy (non-hydrogen) atoms. The fourth-order valence-electron chi connectivity index (χ4n) is 2.22. The predicted octanol–water partition coefficient (Wildman–Crippen LogP) is 2.79. The largest absolute Gasteiger partial charge is 0.378 e. The zero-order valence-corrected chi connectivity index (χ0v) is 10.7. The molecule has 0 aliphatic carbocycles. The number of halogens is 1. The van der Waals surface area contributed by atoms with Crippen LogP contribution < -0.4 is 0 Å². The van der Waals surface area contributed by atoms with Crippen LogP contribution in [0.15, 0.2) is 0 Å². The zero-order chi connectivity index (χ0) is 11.7. The van der Waals surface area contributed by atoms with Crippen molar-refractivity contribution in [2.75, 3.05) is 6.61 Å². The topological polar surface area (TPSA) is 39.9 Å². The third-order valence-electron chi connectivity index (χ3n) is 3.02. The Morgan fingerprint density at radius 3 is 2.81 bits per heavy atom. The first-order chi connectivity index (χ1) is 7.59. The van der Waals surface area contributed by atoms with Gasteiger partial charge in [-0.15, -0.1) is 10.2 Å². The zero-order valence-electron chi connectivity index (χ0n) is 9.98. The van der Waals surface area contributed by atoms with Crippen molar-refractivity contribution in [2.45, 2.75) is 51.7 Å². The number of hydrogen-bond acceptors (Lipinski definition) is 3. The first-order valence-corrected chi connectivity index (χ1v) is 6.19. The molecule has 0 saturated carbocycles. The Labute approximate surface area is 101 Å². The minimum Gasteiger partial charge on any atom is -0.378 e. The Morgan fingerprint density at radius 2 is 2.19 bits per heavy atom. The van der Waals surface area contributed by atoms with Crippen LogP contribution in [0.1, 0.15) is 51.4 Å². The van der Waals surface area contributed by atoms with E-state index in [-0.39, 0.29) is 6.10 Å². The molecule has 0 spiro atoms. The summed E-state index contributed by atoms with van der Waals surface area (Å²) in [5.74, 6) is 1.32. The Balaban J connectivity index is 2.27. The predicted molar refractivity (Wildman–Crippen MR) is 62.8 cm³/mol. The summed E-state index contributed by atoms with van der Waals surface area (Å²) in [4.78, 5) is 0. The summed E-state index contributed by atoms with van der Waals surface area (Å²) in [6.45, 7) is 7.11. The summed E-state index contributed by atoms with van der Waals surface area (Å²) in [6, 6.07) is 0.378. The number of aromatic nitrogens is 3. The lowest BCUT2D eigenvalue weighted by molar-refractivity contribution is 0.00530. The number of ether oxygens (including phenoxy) is 1. The average molecular weight is 244 g/mol. The maximum Gasteiger partial charge on any atom is 0.225 e. The van der Waals surface area contributed by atoms with Gasteiger partial charge in [-0.2, -0.15) is 0 Å². The SMILES string of the molecule is CC1CC(n2c(Cl)nnc2C(C)C)CCO1. The Hall–Kier alpha value is -0.610. The van der Waals surface area contributed by atoms with Gasteiger partial charge in [0.15, 0.2) is 0 Å². The van der Waals surface area contributed by atoms with Crippen LogP contribution in [0.3, 0.4) is 0 Å². The average Bonchev–Trinajstić information content (AvgIpc) is 2.60. The highest BCUT2D eigenvalue weighted by Gasteiger charge is 2.26. The van der Waals surface area contributed by atoms with Crippen molar-refractivity contribution < 1.29 is 4.74 Å². The Morgan fingerprint density at radius 1 is 1.44 bits per heavy atom. The second kappa shape index (κ2) is 4.72. The standard InChI is InChI=1S/C11H18ClN3O/c1-7(2)10-13-14-11(12)15(10)9-4-5-16-8(3)6-9/h7-9H,4-6H2,1-3H3. The van der Waals surface area contributed by atoms with E-state index in [9.17, 15) is 0 Å². The summed E-state index contributed by atoms with van der Waals surface area (Å²) in [7, 11) is 0. The van der Waals surface area contributed by atoms with Crippen LogP contribution in [0.2, 0.25) is 5.28 Å². The van der Waals surface area contributed by atoms with Crippen molar-refractivity contribution in [1.82, 2.24) is 14.8 Å². The summed E-state index contributed by atoms with van der Waals surface area (Å²) >= 11 is 6.12. The molecule has 2 rings (SSSR count). The highest BCUT2D eigenvalue weighted by atomic mass is 35.5. The van der Waals surface area contributed by atoms with Crippen LogP contribution in [-0.2, 0) is 4.74 Å².